The number of ether oxygens (including phenoxy) is 2. The van der Waals surface area contributed by atoms with E-state index in [1.165, 1.54) is 0 Å². The zero-order valence-corrected chi connectivity index (χ0v) is 20.3. The quantitative estimate of drug-likeness (QED) is 0.127. The number of carbonyl (C=O) groups excluding carboxylic acids is 4. The Bertz CT molecular complexity index is 541. The second kappa shape index (κ2) is 19.1. The molecule has 0 N–H and O–H groups in total. The standard InChI is InChI=1S/2C8H12O4.C4H9O.Sb/c2*1-2-3-6-12-8(11)5-4-7(9)10;1-2-3-4-5;/h2*4-5H,2-3,6H2,1H3,(H,9,10);2-4H2,1H3;/q;;-1;+3/p-2. The van der Waals surface area contributed by atoms with Crippen LogP contribution in [0.3, 0.4) is 0 Å². The summed E-state index contributed by atoms with van der Waals surface area (Å²) in [6.45, 7) is 6.64. The Morgan fingerprint density at radius 3 is 1.37 bits per heavy atom. The minimum atomic E-state index is -3.66. The molecular weight excluding hydrogens is 506 g/mol. The molecule has 0 aromatic rings. The van der Waals surface area contributed by atoms with E-state index in [4.69, 9.17) is 18.5 Å². The van der Waals surface area contributed by atoms with Gasteiger partial charge in [-0.2, -0.15) is 0 Å². The summed E-state index contributed by atoms with van der Waals surface area (Å²) in [4.78, 5) is 46.7. The van der Waals surface area contributed by atoms with E-state index in [2.05, 4.69) is 0 Å². The molecule has 0 aliphatic rings. The van der Waals surface area contributed by atoms with Gasteiger partial charge in [0.1, 0.15) is 0 Å². The van der Waals surface area contributed by atoms with Crippen LogP contribution in [0.15, 0.2) is 24.3 Å². The van der Waals surface area contributed by atoms with Crippen molar-refractivity contribution in [3.8, 4) is 0 Å². The van der Waals surface area contributed by atoms with Crippen LogP contribution in [0.4, 0.5) is 0 Å². The molecule has 9 nitrogen and oxygen atoms in total. The van der Waals surface area contributed by atoms with Gasteiger partial charge in [-0.1, -0.05) is 0 Å². The number of carbonyl (C=O) groups is 4. The van der Waals surface area contributed by atoms with Crippen molar-refractivity contribution in [2.75, 3.05) is 19.8 Å². The number of rotatable bonds is 16. The monoisotopic (exact) mass is 536 g/mol. The van der Waals surface area contributed by atoms with Crippen LogP contribution in [0, 0.1) is 0 Å². The minimum absolute atomic E-state index is 0.255. The average molecular weight is 537 g/mol. The summed E-state index contributed by atoms with van der Waals surface area (Å²) in [5, 5.41) is 0. The Labute approximate surface area is 186 Å². The molecule has 0 spiro atoms. The summed E-state index contributed by atoms with van der Waals surface area (Å²) in [5.74, 6) is -3.09. The summed E-state index contributed by atoms with van der Waals surface area (Å²) >= 11 is -3.66. The Hall–Kier alpha value is -1.86. The van der Waals surface area contributed by atoms with E-state index in [9.17, 15) is 19.2 Å². The van der Waals surface area contributed by atoms with Crippen LogP contribution in [0.1, 0.15) is 59.3 Å². The zero-order valence-electron chi connectivity index (χ0n) is 17.8. The van der Waals surface area contributed by atoms with E-state index in [1.807, 2.05) is 20.8 Å². The van der Waals surface area contributed by atoms with Crippen LogP contribution >= 0.6 is 0 Å². The SMILES string of the molecule is CCCCOC(=O)C=CC(=O)[O][Sb]([O]CCCC)[O]C(=O)C=CC(=O)OCCCC. The summed E-state index contributed by atoms with van der Waals surface area (Å²) < 4.78 is 25.3. The van der Waals surface area contributed by atoms with E-state index in [0.29, 0.717) is 6.42 Å². The van der Waals surface area contributed by atoms with Gasteiger partial charge >= 0.3 is 186 Å². The number of hydrogen-bond donors (Lipinski definition) is 0. The molecule has 0 aliphatic carbocycles. The Balaban J connectivity index is 4.63. The zero-order chi connectivity index (χ0) is 22.6. The maximum absolute atomic E-state index is 11.9. The first kappa shape index (κ1) is 28.1. The summed E-state index contributed by atoms with van der Waals surface area (Å²) in [5.41, 5.74) is 0. The fraction of sp³-hybridized carbons (Fsp3) is 0.600. The summed E-state index contributed by atoms with van der Waals surface area (Å²) in [7, 11) is 0. The predicted molar refractivity (Wildman–Crippen MR) is 109 cm³/mol. The molecule has 0 unspecified atom stereocenters. The molecule has 30 heavy (non-hydrogen) atoms. The molecule has 0 aromatic heterocycles. The van der Waals surface area contributed by atoms with E-state index in [0.717, 1.165) is 56.4 Å². The number of esters is 2. The van der Waals surface area contributed by atoms with Gasteiger partial charge in [-0.3, -0.25) is 0 Å². The van der Waals surface area contributed by atoms with Crippen molar-refractivity contribution in [2.45, 2.75) is 59.3 Å². The molecule has 0 bridgehead atoms. The molecule has 10 heteroatoms. The molecule has 0 atom stereocenters. The predicted octanol–water partition coefficient (Wildman–Crippen LogP) is 2.67. The van der Waals surface area contributed by atoms with E-state index >= 15 is 0 Å². The van der Waals surface area contributed by atoms with Gasteiger partial charge in [-0.25, -0.2) is 0 Å². The van der Waals surface area contributed by atoms with Gasteiger partial charge in [0.2, 0.25) is 0 Å². The topological polar surface area (TPSA) is 114 Å². The maximum atomic E-state index is 11.9. The normalized spacial score (nSPS) is 11.1. The van der Waals surface area contributed by atoms with Gasteiger partial charge < -0.3 is 0 Å². The van der Waals surface area contributed by atoms with Crippen molar-refractivity contribution in [2.24, 2.45) is 0 Å². The van der Waals surface area contributed by atoms with Gasteiger partial charge in [-0.15, -0.1) is 0 Å². The molecule has 0 rings (SSSR count). The van der Waals surface area contributed by atoms with Gasteiger partial charge in [0.25, 0.3) is 0 Å². The fourth-order valence-corrected chi connectivity index (χ4v) is 3.95. The first-order valence-corrected chi connectivity index (χ1v) is 13.1. The second-order valence-corrected chi connectivity index (χ2v) is 9.00. The molecule has 0 saturated heterocycles. The van der Waals surface area contributed by atoms with Crippen molar-refractivity contribution in [1.29, 1.82) is 0 Å². The van der Waals surface area contributed by atoms with Crippen LogP contribution in [0.25, 0.3) is 0 Å². The molecule has 170 valence electrons. The van der Waals surface area contributed by atoms with Crippen molar-refractivity contribution < 1.29 is 37.7 Å². The molecule has 0 aromatic carbocycles. The molecule has 0 heterocycles. The fourth-order valence-electron chi connectivity index (χ4n) is 1.57. The van der Waals surface area contributed by atoms with Crippen LogP contribution in [-0.2, 0) is 37.7 Å². The van der Waals surface area contributed by atoms with Gasteiger partial charge in [-0.05, 0) is 0 Å². The number of unbranched alkanes of at least 4 members (excludes halogenated alkanes) is 3. The van der Waals surface area contributed by atoms with E-state index in [-0.39, 0.29) is 19.8 Å². The summed E-state index contributed by atoms with van der Waals surface area (Å²) in [6, 6.07) is 0. The van der Waals surface area contributed by atoms with E-state index < -0.39 is 45.3 Å². The molecule has 0 radical (unpaired) electrons. The molecule has 0 amide bonds. The van der Waals surface area contributed by atoms with E-state index in [1.54, 1.807) is 0 Å². The third-order valence-corrected chi connectivity index (χ3v) is 6.22. The van der Waals surface area contributed by atoms with Crippen LogP contribution < -0.4 is 0 Å². The van der Waals surface area contributed by atoms with Crippen molar-refractivity contribution >= 4 is 45.3 Å². The second-order valence-electron chi connectivity index (χ2n) is 5.94. The Kier molecular flexibility index (Phi) is 17.9. The molecule has 0 fully saturated rings. The average Bonchev–Trinajstić information content (AvgIpc) is 2.71. The first-order chi connectivity index (χ1) is 14.4. The third-order valence-electron chi connectivity index (χ3n) is 3.22. The Morgan fingerprint density at radius 2 is 0.967 bits per heavy atom. The van der Waals surface area contributed by atoms with Crippen molar-refractivity contribution in [3.05, 3.63) is 24.3 Å². The van der Waals surface area contributed by atoms with Gasteiger partial charge in [0.15, 0.2) is 0 Å². The molecular formula is C20H31O9Sb. The van der Waals surface area contributed by atoms with Crippen molar-refractivity contribution in [1.82, 2.24) is 0 Å². The van der Waals surface area contributed by atoms with Crippen LogP contribution in [0.2, 0.25) is 0 Å². The van der Waals surface area contributed by atoms with Crippen molar-refractivity contribution in [3.63, 3.8) is 0 Å². The first-order valence-electron chi connectivity index (χ1n) is 9.99. The molecule has 0 aliphatic heterocycles. The third kappa shape index (κ3) is 17.0. The van der Waals surface area contributed by atoms with Crippen LogP contribution in [0.5, 0.6) is 0 Å². The molecule has 0 saturated carbocycles. The van der Waals surface area contributed by atoms with Crippen LogP contribution in [-0.4, -0.2) is 65.2 Å². The van der Waals surface area contributed by atoms with Gasteiger partial charge in [0.05, 0.1) is 0 Å². The summed E-state index contributed by atoms with van der Waals surface area (Å²) in [6.07, 6.45) is 8.39. The van der Waals surface area contributed by atoms with Gasteiger partial charge in [0, 0.05) is 0 Å². The number of hydrogen-bond acceptors (Lipinski definition) is 9. The Morgan fingerprint density at radius 1 is 0.600 bits per heavy atom.